The molecule has 0 bridgehead atoms. The lowest BCUT2D eigenvalue weighted by Crippen LogP contribution is -2.35. The third-order valence-electron chi connectivity index (χ3n) is 3.89. The van der Waals surface area contributed by atoms with Crippen LogP contribution in [0.3, 0.4) is 0 Å². The van der Waals surface area contributed by atoms with Crippen LogP contribution in [0, 0.1) is 0 Å². The predicted octanol–water partition coefficient (Wildman–Crippen LogP) is 3.42. The number of rotatable bonds is 7. The minimum absolute atomic E-state index is 0.0256. The lowest BCUT2D eigenvalue weighted by molar-refractivity contribution is -0.120. The summed E-state index contributed by atoms with van der Waals surface area (Å²) in [4.78, 5) is 14.3. The first kappa shape index (κ1) is 18.5. The maximum Gasteiger partial charge on any atom is 0.224 e. The molecule has 1 N–H and O–H groups in total. The Morgan fingerprint density at radius 2 is 1.75 bits per heavy atom. The SMILES string of the molecule is COc1ccc([C@H](CNC(=O)Cc2ccc(Br)cc2)N(C)C)cc1. The van der Waals surface area contributed by atoms with Crippen molar-refractivity contribution in [2.24, 2.45) is 0 Å². The predicted molar refractivity (Wildman–Crippen MR) is 100 cm³/mol. The molecule has 128 valence electrons. The minimum atomic E-state index is 0.0256. The number of methoxy groups -OCH3 is 1. The van der Waals surface area contributed by atoms with Gasteiger partial charge >= 0.3 is 0 Å². The van der Waals surface area contributed by atoms with E-state index >= 15 is 0 Å². The second kappa shape index (κ2) is 8.85. The van der Waals surface area contributed by atoms with Crippen molar-refractivity contribution in [3.8, 4) is 5.75 Å². The Morgan fingerprint density at radius 3 is 2.29 bits per heavy atom. The Hall–Kier alpha value is -1.85. The monoisotopic (exact) mass is 390 g/mol. The Morgan fingerprint density at radius 1 is 1.12 bits per heavy atom. The van der Waals surface area contributed by atoms with E-state index in [-0.39, 0.29) is 11.9 Å². The average Bonchev–Trinajstić information content (AvgIpc) is 2.57. The molecule has 1 atom stereocenters. The number of hydrogen-bond acceptors (Lipinski definition) is 3. The van der Waals surface area contributed by atoms with E-state index in [1.807, 2.05) is 62.6 Å². The quantitative estimate of drug-likeness (QED) is 0.787. The molecule has 0 aliphatic rings. The number of ether oxygens (including phenoxy) is 1. The van der Waals surface area contributed by atoms with Gasteiger partial charge in [-0.05, 0) is 49.5 Å². The zero-order valence-corrected chi connectivity index (χ0v) is 15.8. The van der Waals surface area contributed by atoms with E-state index in [0.29, 0.717) is 13.0 Å². The van der Waals surface area contributed by atoms with Crippen molar-refractivity contribution in [1.29, 1.82) is 0 Å². The van der Waals surface area contributed by atoms with Gasteiger partial charge in [-0.2, -0.15) is 0 Å². The fourth-order valence-electron chi connectivity index (χ4n) is 2.49. The Balaban J connectivity index is 1.95. The largest absolute Gasteiger partial charge is 0.497 e. The molecule has 0 spiro atoms. The highest BCUT2D eigenvalue weighted by molar-refractivity contribution is 9.10. The molecule has 0 aliphatic heterocycles. The molecular weight excluding hydrogens is 368 g/mol. The number of carbonyl (C=O) groups excluding carboxylic acids is 1. The van der Waals surface area contributed by atoms with Gasteiger partial charge in [-0.3, -0.25) is 4.79 Å². The minimum Gasteiger partial charge on any atom is -0.497 e. The number of amides is 1. The molecule has 2 aromatic carbocycles. The summed E-state index contributed by atoms with van der Waals surface area (Å²) < 4.78 is 6.21. The Bertz CT molecular complexity index is 654. The van der Waals surface area contributed by atoms with Gasteiger partial charge in [0.1, 0.15) is 5.75 Å². The fraction of sp³-hybridized carbons (Fsp3) is 0.316. The van der Waals surface area contributed by atoms with Crippen LogP contribution in [0.1, 0.15) is 17.2 Å². The number of nitrogens with one attached hydrogen (secondary N) is 1. The standard InChI is InChI=1S/C19H23BrN2O2/c1-22(2)18(15-6-10-17(24-3)11-7-15)13-21-19(23)12-14-4-8-16(20)9-5-14/h4-11,18H,12-13H2,1-3H3,(H,21,23)/t18-/m0/s1. The van der Waals surface area contributed by atoms with Crippen LogP contribution in [0.4, 0.5) is 0 Å². The molecule has 0 unspecified atom stereocenters. The van der Waals surface area contributed by atoms with Crippen molar-refractivity contribution in [2.45, 2.75) is 12.5 Å². The summed E-state index contributed by atoms with van der Waals surface area (Å²) in [6, 6.07) is 15.9. The molecule has 0 radical (unpaired) electrons. The molecule has 0 saturated heterocycles. The number of nitrogens with zero attached hydrogens (tertiary/aromatic N) is 1. The second-order valence-electron chi connectivity index (χ2n) is 5.86. The molecule has 2 aromatic rings. The molecule has 0 saturated carbocycles. The Kier molecular flexibility index (Phi) is 6.82. The third kappa shape index (κ3) is 5.35. The van der Waals surface area contributed by atoms with E-state index in [2.05, 4.69) is 26.1 Å². The van der Waals surface area contributed by atoms with Crippen LogP contribution < -0.4 is 10.1 Å². The third-order valence-corrected chi connectivity index (χ3v) is 4.42. The van der Waals surface area contributed by atoms with Crippen LogP contribution in [0.15, 0.2) is 53.0 Å². The van der Waals surface area contributed by atoms with Gasteiger partial charge in [-0.15, -0.1) is 0 Å². The van der Waals surface area contributed by atoms with E-state index in [9.17, 15) is 4.79 Å². The molecule has 0 aliphatic carbocycles. The molecule has 4 nitrogen and oxygen atoms in total. The van der Waals surface area contributed by atoms with Crippen LogP contribution in [-0.4, -0.2) is 38.6 Å². The highest BCUT2D eigenvalue weighted by atomic mass is 79.9. The number of halogens is 1. The van der Waals surface area contributed by atoms with Crippen molar-refractivity contribution < 1.29 is 9.53 Å². The fourth-order valence-corrected chi connectivity index (χ4v) is 2.75. The molecule has 2 rings (SSSR count). The molecule has 1 amide bonds. The van der Waals surface area contributed by atoms with Gasteiger partial charge in [0.05, 0.1) is 19.6 Å². The van der Waals surface area contributed by atoms with Gasteiger partial charge in [0.2, 0.25) is 5.91 Å². The zero-order chi connectivity index (χ0) is 17.5. The van der Waals surface area contributed by atoms with Gasteiger partial charge in [0.25, 0.3) is 0 Å². The van der Waals surface area contributed by atoms with Gasteiger partial charge in [-0.25, -0.2) is 0 Å². The highest BCUT2D eigenvalue weighted by Gasteiger charge is 2.15. The van der Waals surface area contributed by atoms with Gasteiger partial charge in [-0.1, -0.05) is 40.2 Å². The summed E-state index contributed by atoms with van der Waals surface area (Å²) in [5, 5.41) is 3.03. The second-order valence-corrected chi connectivity index (χ2v) is 6.78. The van der Waals surface area contributed by atoms with Crippen molar-refractivity contribution >= 4 is 21.8 Å². The Labute approximate surface area is 151 Å². The number of hydrogen-bond donors (Lipinski definition) is 1. The number of benzene rings is 2. The lowest BCUT2D eigenvalue weighted by atomic mass is 10.1. The first-order valence-electron chi connectivity index (χ1n) is 7.81. The summed E-state index contributed by atoms with van der Waals surface area (Å²) in [6.45, 7) is 0.564. The summed E-state index contributed by atoms with van der Waals surface area (Å²) in [5.74, 6) is 0.855. The highest BCUT2D eigenvalue weighted by Crippen LogP contribution is 2.20. The normalized spacial score (nSPS) is 12.0. The van der Waals surface area contributed by atoms with Gasteiger partial charge in [0.15, 0.2) is 0 Å². The lowest BCUT2D eigenvalue weighted by Gasteiger charge is -2.25. The van der Waals surface area contributed by atoms with E-state index < -0.39 is 0 Å². The molecule has 24 heavy (non-hydrogen) atoms. The van der Waals surface area contributed by atoms with Crippen LogP contribution in [0.5, 0.6) is 5.75 Å². The summed E-state index contributed by atoms with van der Waals surface area (Å²) in [7, 11) is 5.67. The summed E-state index contributed by atoms with van der Waals surface area (Å²) in [6.07, 6.45) is 0.385. The van der Waals surface area contributed by atoms with Crippen molar-refractivity contribution in [3.05, 3.63) is 64.1 Å². The van der Waals surface area contributed by atoms with Crippen LogP contribution in [0.2, 0.25) is 0 Å². The van der Waals surface area contributed by atoms with Crippen molar-refractivity contribution in [3.63, 3.8) is 0 Å². The van der Waals surface area contributed by atoms with E-state index in [0.717, 1.165) is 21.3 Å². The van der Waals surface area contributed by atoms with E-state index in [4.69, 9.17) is 4.74 Å². The zero-order valence-electron chi connectivity index (χ0n) is 14.3. The van der Waals surface area contributed by atoms with Gasteiger partial charge in [0, 0.05) is 11.0 Å². The van der Waals surface area contributed by atoms with E-state index in [1.54, 1.807) is 7.11 Å². The first-order chi connectivity index (χ1) is 11.5. The van der Waals surface area contributed by atoms with E-state index in [1.165, 1.54) is 0 Å². The number of likely N-dealkylation sites (N-methyl/N-ethyl adjacent to an activating group) is 1. The van der Waals surface area contributed by atoms with Gasteiger partial charge < -0.3 is 15.0 Å². The molecular formula is C19H23BrN2O2. The van der Waals surface area contributed by atoms with Crippen LogP contribution in [0.25, 0.3) is 0 Å². The van der Waals surface area contributed by atoms with Crippen molar-refractivity contribution in [2.75, 3.05) is 27.7 Å². The molecule has 0 heterocycles. The average molecular weight is 391 g/mol. The summed E-state index contributed by atoms with van der Waals surface area (Å²) >= 11 is 3.40. The molecule has 0 fully saturated rings. The first-order valence-corrected chi connectivity index (χ1v) is 8.60. The topological polar surface area (TPSA) is 41.6 Å². The maximum absolute atomic E-state index is 12.2. The van der Waals surface area contributed by atoms with Crippen LogP contribution in [-0.2, 0) is 11.2 Å². The number of carbonyl (C=O) groups is 1. The summed E-state index contributed by atoms with van der Waals surface area (Å²) in [5.41, 5.74) is 2.14. The smallest absolute Gasteiger partial charge is 0.224 e. The van der Waals surface area contributed by atoms with Crippen molar-refractivity contribution in [1.82, 2.24) is 10.2 Å². The maximum atomic E-state index is 12.2. The van der Waals surface area contributed by atoms with Crippen LogP contribution >= 0.6 is 15.9 Å². The molecule has 5 heteroatoms. The molecule has 0 aromatic heterocycles.